The fourth-order valence-electron chi connectivity index (χ4n) is 2.67. The van der Waals surface area contributed by atoms with Crippen LogP contribution in [0.15, 0.2) is 29.4 Å². The number of nitrogens with one attached hydrogen (secondary N) is 2. The standard InChI is InChI=1S/C16H22N6OS/c1-11(24-16-19-15(17)20-21-16)14(23)18-12-5-7-13(8-6-12)22-9-3-2-4-10-22/h5-8,11H,2-4,9-10H2,1H3,(H,18,23)(H3,17,19,20,21)/t11-/m1/s1. The number of rotatable bonds is 5. The van der Waals surface area contributed by atoms with Crippen molar-refractivity contribution < 1.29 is 4.79 Å². The third-order valence-electron chi connectivity index (χ3n) is 3.99. The van der Waals surface area contributed by atoms with Crippen molar-refractivity contribution in [3.63, 3.8) is 0 Å². The van der Waals surface area contributed by atoms with Crippen LogP contribution in [0.25, 0.3) is 0 Å². The average molecular weight is 346 g/mol. The van der Waals surface area contributed by atoms with Gasteiger partial charge in [0.2, 0.25) is 17.0 Å². The van der Waals surface area contributed by atoms with Crippen LogP contribution in [0.3, 0.4) is 0 Å². The summed E-state index contributed by atoms with van der Waals surface area (Å²) in [6.45, 7) is 4.03. The summed E-state index contributed by atoms with van der Waals surface area (Å²) in [7, 11) is 0. The molecule has 8 heteroatoms. The summed E-state index contributed by atoms with van der Waals surface area (Å²) in [4.78, 5) is 18.7. The molecule has 0 saturated carbocycles. The third-order valence-corrected chi connectivity index (χ3v) is 4.95. The van der Waals surface area contributed by atoms with Gasteiger partial charge in [0.05, 0.1) is 5.25 Å². The number of benzene rings is 1. The van der Waals surface area contributed by atoms with Crippen LogP contribution < -0.4 is 16.0 Å². The molecule has 1 amide bonds. The normalized spacial score (nSPS) is 16.0. The van der Waals surface area contributed by atoms with Crippen LogP contribution in [0.4, 0.5) is 17.3 Å². The van der Waals surface area contributed by atoms with Crippen molar-refractivity contribution in [1.29, 1.82) is 0 Å². The van der Waals surface area contributed by atoms with Crippen molar-refractivity contribution in [3.8, 4) is 0 Å². The van der Waals surface area contributed by atoms with Crippen LogP contribution in [0.2, 0.25) is 0 Å². The molecule has 1 saturated heterocycles. The molecule has 0 unspecified atom stereocenters. The fraction of sp³-hybridized carbons (Fsp3) is 0.438. The quantitative estimate of drug-likeness (QED) is 0.719. The highest BCUT2D eigenvalue weighted by Crippen LogP contribution is 2.24. The summed E-state index contributed by atoms with van der Waals surface area (Å²) in [5, 5.41) is 9.56. The number of carbonyl (C=O) groups is 1. The SMILES string of the molecule is C[C@@H](Sc1n[nH]c(N)n1)C(=O)Nc1ccc(N2CCCCC2)cc1. The van der Waals surface area contributed by atoms with Crippen molar-refractivity contribution >= 4 is 35.0 Å². The highest BCUT2D eigenvalue weighted by molar-refractivity contribution is 8.00. The first-order valence-corrected chi connectivity index (χ1v) is 9.00. The van der Waals surface area contributed by atoms with E-state index in [0.29, 0.717) is 5.16 Å². The lowest BCUT2D eigenvalue weighted by molar-refractivity contribution is -0.115. The van der Waals surface area contributed by atoms with E-state index in [4.69, 9.17) is 5.73 Å². The molecule has 2 aromatic rings. The Kier molecular flexibility index (Phi) is 5.24. The van der Waals surface area contributed by atoms with Crippen LogP contribution in [-0.2, 0) is 4.79 Å². The zero-order valence-electron chi connectivity index (χ0n) is 13.7. The van der Waals surface area contributed by atoms with Gasteiger partial charge in [0.15, 0.2) is 0 Å². The number of nitrogens with two attached hydrogens (primary N) is 1. The first kappa shape index (κ1) is 16.6. The molecule has 2 heterocycles. The number of carbonyl (C=O) groups excluding carboxylic acids is 1. The van der Waals surface area contributed by atoms with E-state index in [1.54, 1.807) is 0 Å². The lowest BCUT2D eigenvalue weighted by Crippen LogP contribution is -2.29. The third kappa shape index (κ3) is 4.19. The largest absolute Gasteiger partial charge is 0.372 e. The van der Waals surface area contributed by atoms with Crippen LogP contribution in [0.5, 0.6) is 0 Å². The summed E-state index contributed by atoms with van der Waals surface area (Å²) >= 11 is 1.26. The number of nitrogens with zero attached hydrogens (tertiary/aromatic N) is 3. The molecule has 0 bridgehead atoms. The van der Waals surface area contributed by atoms with Gasteiger partial charge in [0, 0.05) is 24.5 Å². The number of anilines is 3. The van der Waals surface area contributed by atoms with Gasteiger partial charge in [-0.1, -0.05) is 11.8 Å². The van der Waals surface area contributed by atoms with Gasteiger partial charge in [-0.05, 0) is 50.5 Å². The van der Waals surface area contributed by atoms with Crippen LogP contribution in [0.1, 0.15) is 26.2 Å². The monoisotopic (exact) mass is 346 g/mol. The van der Waals surface area contributed by atoms with Crippen molar-refractivity contribution in [2.24, 2.45) is 0 Å². The highest BCUT2D eigenvalue weighted by Gasteiger charge is 2.17. The van der Waals surface area contributed by atoms with Gasteiger partial charge < -0.3 is 16.0 Å². The fourth-order valence-corrected chi connectivity index (χ4v) is 3.41. The number of nitrogen functional groups attached to an aromatic ring is 1. The van der Waals surface area contributed by atoms with Crippen LogP contribution in [-0.4, -0.2) is 39.4 Å². The van der Waals surface area contributed by atoms with E-state index in [0.717, 1.165) is 18.8 Å². The maximum absolute atomic E-state index is 12.3. The van der Waals surface area contributed by atoms with Gasteiger partial charge in [-0.2, -0.15) is 4.98 Å². The number of amides is 1. The van der Waals surface area contributed by atoms with E-state index >= 15 is 0 Å². The summed E-state index contributed by atoms with van der Waals surface area (Å²) < 4.78 is 0. The predicted octanol–water partition coefficient (Wildman–Crippen LogP) is 2.50. The van der Waals surface area contributed by atoms with Crippen molar-refractivity contribution in [3.05, 3.63) is 24.3 Å². The summed E-state index contributed by atoms with van der Waals surface area (Å²) in [6.07, 6.45) is 3.81. The minimum Gasteiger partial charge on any atom is -0.372 e. The molecular weight excluding hydrogens is 324 g/mol. The number of thioether (sulfide) groups is 1. The van der Waals surface area contributed by atoms with Crippen molar-refractivity contribution in [2.45, 2.75) is 36.6 Å². The van der Waals surface area contributed by atoms with E-state index in [-0.39, 0.29) is 17.1 Å². The Balaban J connectivity index is 1.55. The summed E-state index contributed by atoms with van der Waals surface area (Å²) in [5.41, 5.74) is 7.49. The Labute approximate surface area is 145 Å². The molecule has 1 aromatic carbocycles. The zero-order chi connectivity index (χ0) is 16.9. The van der Waals surface area contributed by atoms with E-state index in [9.17, 15) is 4.79 Å². The molecule has 1 atom stereocenters. The Morgan fingerprint density at radius 1 is 1.29 bits per heavy atom. The van der Waals surface area contributed by atoms with Gasteiger partial charge >= 0.3 is 0 Å². The minimum atomic E-state index is -0.318. The lowest BCUT2D eigenvalue weighted by Gasteiger charge is -2.28. The minimum absolute atomic E-state index is 0.0888. The number of hydrogen-bond donors (Lipinski definition) is 3. The maximum Gasteiger partial charge on any atom is 0.237 e. The molecule has 1 aliphatic rings. The van der Waals surface area contributed by atoms with Gasteiger partial charge in [-0.3, -0.25) is 4.79 Å². The molecule has 1 aliphatic heterocycles. The average Bonchev–Trinajstić information content (AvgIpc) is 3.01. The second-order valence-corrected chi connectivity index (χ2v) is 7.16. The zero-order valence-corrected chi connectivity index (χ0v) is 14.5. The molecule has 0 spiro atoms. The van der Waals surface area contributed by atoms with Crippen LogP contribution in [0, 0.1) is 0 Å². The Morgan fingerprint density at radius 3 is 2.62 bits per heavy atom. The van der Waals surface area contributed by atoms with Gasteiger partial charge in [0.1, 0.15) is 0 Å². The predicted molar refractivity (Wildman–Crippen MR) is 97.2 cm³/mol. The molecule has 1 fully saturated rings. The molecule has 1 aromatic heterocycles. The molecular formula is C16H22N6OS. The second kappa shape index (κ2) is 7.57. The molecule has 3 rings (SSSR count). The molecule has 7 nitrogen and oxygen atoms in total. The number of hydrogen-bond acceptors (Lipinski definition) is 6. The topological polar surface area (TPSA) is 99.9 Å². The van der Waals surface area contributed by atoms with Gasteiger partial charge in [-0.25, -0.2) is 5.10 Å². The second-order valence-electron chi connectivity index (χ2n) is 5.85. The number of aromatic amines is 1. The van der Waals surface area contributed by atoms with Gasteiger partial charge in [0.25, 0.3) is 0 Å². The van der Waals surface area contributed by atoms with Crippen molar-refractivity contribution in [2.75, 3.05) is 29.0 Å². The molecule has 128 valence electrons. The lowest BCUT2D eigenvalue weighted by atomic mass is 10.1. The van der Waals surface area contributed by atoms with Crippen LogP contribution >= 0.6 is 11.8 Å². The van der Waals surface area contributed by atoms with Gasteiger partial charge in [-0.15, -0.1) is 5.10 Å². The molecule has 24 heavy (non-hydrogen) atoms. The summed E-state index contributed by atoms with van der Waals surface area (Å²) in [5.74, 6) is 0.160. The van der Waals surface area contributed by atoms with E-state index in [1.807, 2.05) is 19.1 Å². The molecule has 0 aliphatic carbocycles. The highest BCUT2D eigenvalue weighted by atomic mass is 32.2. The number of piperidine rings is 1. The molecule has 0 radical (unpaired) electrons. The Hall–Kier alpha value is -2.22. The van der Waals surface area contributed by atoms with E-state index < -0.39 is 0 Å². The Bertz CT molecular complexity index is 680. The van der Waals surface area contributed by atoms with E-state index in [1.165, 1.54) is 36.7 Å². The summed E-state index contributed by atoms with van der Waals surface area (Å²) in [6, 6.07) is 8.03. The molecule has 4 N–H and O–H groups in total. The number of H-pyrrole nitrogens is 1. The first-order valence-electron chi connectivity index (χ1n) is 8.12. The van der Waals surface area contributed by atoms with E-state index in [2.05, 4.69) is 37.5 Å². The number of aromatic nitrogens is 3. The Morgan fingerprint density at radius 2 is 2.00 bits per heavy atom. The maximum atomic E-state index is 12.3. The smallest absolute Gasteiger partial charge is 0.237 e. The first-order chi connectivity index (χ1) is 11.6. The van der Waals surface area contributed by atoms with Crippen molar-refractivity contribution in [1.82, 2.24) is 15.2 Å².